The van der Waals surface area contributed by atoms with Crippen molar-refractivity contribution in [3.05, 3.63) is 47.0 Å². The summed E-state index contributed by atoms with van der Waals surface area (Å²) in [5.41, 5.74) is 3.12. The van der Waals surface area contributed by atoms with Crippen molar-refractivity contribution >= 4 is 11.3 Å². The molecule has 0 amide bonds. The standard InChI is InChI=1S/C14H14O2S/c1-14(7-9-5-3-2-4-6-9)8-10-11(14)13(16)17-12(10)15/h2-6,15-16H,7-8H2,1H3. The molecule has 17 heavy (non-hydrogen) atoms. The van der Waals surface area contributed by atoms with Crippen LogP contribution in [0.15, 0.2) is 30.3 Å². The lowest BCUT2D eigenvalue weighted by molar-refractivity contribution is 0.366. The van der Waals surface area contributed by atoms with E-state index in [-0.39, 0.29) is 15.5 Å². The molecular weight excluding hydrogens is 232 g/mol. The maximum Gasteiger partial charge on any atom is 0.178 e. The fourth-order valence-corrected chi connectivity index (χ4v) is 3.75. The third-order valence-corrected chi connectivity index (χ3v) is 4.41. The lowest BCUT2D eigenvalue weighted by Gasteiger charge is -2.39. The van der Waals surface area contributed by atoms with Gasteiger partial charge in [-0.25, -0.2) is 0 Å². The Hall–Kier alpha value is -1.48. The van der Waals surface area contributed by atoms with Gasteiger partial charge < -0.3 is 10.2 Å². The molecule has 2 nitrogen and oxygen atoms in total. The first kappa shape index (κ1) is 10.7. The highest BCUT2D eigenvalue weighted by atomic mass is 32.1. The molecule has 1 unspecified atom stereocenters. The first-order chi connectivity index (χ1) is 8.10. The van der Waals surface area contributed by atoms with Crippen LogP contribution >= 0.6 is 11.3 Å². The van der Waals surface area contributed by atoms with E-state index >= 15 is 0 Å². The molecule has 0 saturated heterocycles. The van der Waals surface area contributed by atoms with Crippen molar-refractivity contribution in [2.24, 2.45) is 0 Å². The zero-order chi connectivity index (χ0) is 12.0. The van der Waals surface area contributed by atoms with Crippen molar-refractivity contribution in [1.82, 2.24) is 0 Å². The fraction of sp³-hybridized carbons (Fsp3) is 0.286. The summed E-state index contributed by atoms with van der Waals surface area (Å²) in [6.07, 6.45) is 1.75. The van der Waals surface area contributed by atoms with Crippen molar-refractivity contribution in [2.75, 3.05) is 0 Å². The summed E-state index contributed by atoms with van der Waals surface area (Å²) in [6.45, 7) is 2.15. The van der Waals surface area contributed by atoms with E-state index in [1.165, 1.54) is 5.56 Å². The number of hydrogen-bond donors (Lipinski definition) is 2. The van der Waals surface area contributed by atoms with Crippen LogP contribution in [0.5, 0.6) is 10.1 Å². The second kappa shape index (κ2) is 3.50. The van der Waals surface area contributed by atoms with Crippen LogP contribution in [0.4, 0.5) is 0 Å². The molecule has 0 aliphatic heterocycles. The Labute approximate surface area is 104 Å². The van der Waals surface area contributed by atoms with Gasteiger partial charge in [0.15, 0.2) is 10.1 Å². The van der Waals surface area contributed by atoms with Crippen LogP contribution in [0.3, 0.4) is 0 Å². The summed E-state index contributed by atoms with van der Waals surface area (Å²) in [5, 5.41) is 20.0. The monoisotopic (exact) mass is 246 g/mol. The van der Waals surface area contributed by atoms with Gasteiger partial charge in [0.2, 0.25) is 0 Å². The second-order valence-corrected chi connectivity index (χ2v) is 5.94. The van der Waals surface area contributed by atoms with Gasteiger partial charge in [-0.1, -0.05) is 48.6 Å². The molecule has 0 saturated carbocycles. The summed E-state index contributed by atoms with van der Waals surface area (Å²) in [7, 11) is 0. The fourth-order valence-electron chi connectivity index (χ4n) is 2.80. The molecule has 1 aliphatic carbocycles. The number of aromatic hydroxyl groups is 2. The van der Waals surface area contributed by atoms with E-state index in [9.17, 15) is 10.2 Å². The third-order valence-electron chi connectivity index (χ3n) is 3.57. The Kier molecular flexibility index (Phi) is 2.20. The van der Waals surface area contributed by atoms with Crippen LogP contribution in [-0.2, 0) is 18.3 Å². The van der Waals surface area contributed by atoms with Crippen LogP contribution < -0.4 is 0 Å². The number of thiophene rings is 1. The van der Waals surface area contributed by atoms with E-state index < -0.39 is 0 Å². The van der Waals surface area contributed by atoms with E-state index in [4.69, 9.17) is 0 Å². The van der Waals surface area contributed by atoms with Gasteiger partial charge in [0.05, 0.1) is 0 Å². The largest absolute Gasteiger partial charge is 0.499 e. The molecule has 88 valence electrons. The topological polar surface area (TPSA) is 40.5 Å². The van der Waals surface area contributed by atoms with Crippen molar-refractivity contribution in [1.29, 1.82) is 0 Å². The summed E-state index contributed by atoms with van der Waals surface area (Å²) in [6, 6.07) is 10.3. The van der Waals surface area contributed by atoms with E-state index in [1.54, 1.807) is 0 Å². The average molecular weight is 246 g/mol. The van der Waals surface area contributed by atoms with Crippen molar-refractivity contribution < 1.29 is 10.2 Å². The highest BCUT2D eigenvalue weighted by Crippen LogP contribution is 2.56. The minimum absolute atomic E-state index is 0.0295. The SMILES string of the molecule is CC1(Cc2ccccc2)Cc2c(O)sc(O)c21. The van der Waals surface area contributed by atoms with Gasteiger partial charge in [-0.3, -0.25) is 0 Å². The predicted molar refractivity (Wildman–Crippen MR) is 68.9 cm³/mol. The van der Waals surface area contributed by atoms with Gasteiger partial charge in [0, 0.05) is 16.5 Å². The number of benzene rings is 1. The zero-order valence-electron chi connectivity index (χ0n) is 9.60. The average Bonchev–Trinajstić information content (AvgIpc) is 2.50. The molecule has 2 aromatic rings. The Bertz CT molecular complexity index is 559. The quantitative estimate of drug-likeness (QED) is 0.854. The van der Waals surface area contributed by atoms with Gasteiger partial charge in [-0.2, -0.15) is 0 Å². The minimum atomic E-state index is -0.0295. The first-order valence-electron chi connectivity index (χ1n) is 5.68. The van der Waals surface area contributed by atoms with Crippen molar-refractivity contribution in [3.8, 4) is 10.1 Å². The molecule has 0 radical (unpaired) electrons. The molecule has 1 aromatic carbocycles. The van der Waals surface area contributed by atoms with E-state index in [1.807, 2.05) is 18.2 Å². The molecule has 0 bridgehead atoms. The smallest absolute Gasteiger partial charge is 0.178 e. The van der Waals surface area contributed by atoms with Crippen LogP contribution in [0.1, 0.15) is 23.6 Å². The molecular formula is C14H14O2S. The van der Waals surface area contributed by atoms with Crippen LogP contribution in [0.2, 0.25) is 0 Å². The Morgan fingerprint density at radius 3 is 2.53 bits per heavy atom. The van der Waals surface area contributed by atoms with Gasteiger partial charge in [0.1, 0.15) is 0 Å². The molecule has 0 fully saturated rings. The molecule has 1 heterocycles. The third kappa shape index (κ3) is 1.53. The maximum atomic E-state index is 9.84. The van der Waals surface area contributed by atoms with Crippen LogP contribution in [0.25, 0.3) is 0 Å². The number of rotatable bonds is 2. The maximum absolute atomic E-state index is 9.84. The lowest BCUT2D eigenvalue weighted by Crippen LogP contribution is -2.36. The van der Waals surface area contributed by atoms with Gasteiger partial charge in [-0.15, -0.1) is 0 Å². The summed E-state index contributed by atoms with van der Waals surface area (Å²) in [4.78, 5) is 0. The van der Waals surface area contributed by atoms with E-state index in [0.717, 1.165) is 35.3 Å². The second-order valence-electron chi connectivity index (χ2n) is 4.97. The van der Waals surface area contributed by atoms with Gasteiger partial charge >= 0.3 is 0 Å². The summed E-state index contributed by atoms with van der Waals surface area (Å²) >= 11 is 1.08. The van der Waals surface area contributed by atoms with E-state index in [0.29, 0.717) is 0 Å². The minimum Gasteiger partial charge on any atom is -0.499 e. The van der Waals surface area contributed by atoms with Crippen molar-refractivity contribution in [2.45, 2.75) is 25.2 Å². The Morgan fingerprint density at radius 2 is 1.88 bits per heavy atom. The lowest BCUT2D eigenvalue weighted by atomic mass is 9.64. The molecule has 1 aliphatic rings. The molecule has 0 spiro atoms. The first-order valence-corrected chi connectivity index (χ1v) is 6.50. The molecule has 1 aromatic heterocycles. The van der Waals surface area contributed by atoms with Crippen molar-refractivity contribution in [3.63, 3.8) is 0 Å². The molecule has 2 N–H and O–H groups in total. The van der Waals surface area contributed by atoms with Crippen LogP contribution in [-0.4, -0.2) is 10.2 Å². The highest BCUT2D eigenvalue weighted by molar-refractivity contribution is 7.15. The van der Waals surface area contributed by atoms with Gasteiger partial charge in [0.25, 0.3) is 0 Å². The number of hydrogen-bond acceptors (Lipinski definition) is 3. The molecule has 3 heteroatoms. The molecule has 1 atom stereocenters. The zero-order valence-corrected chi connectivity index (χ0v) is 10.4. The summed E-state index contributed by atoms with van der Waals surface area (Å²) in [5.74, 6) is 0. The molecule has 3 rings (SSSR count). The van der Waals surface area contributed by atoms with Gasteiger partial charge in [-0.05, 0) is 18.4 Å². The summed E-state index contributed by atoms with van der Waals surface area (Å²) < 4.78 is 0. The van der Waals surface area contributed by atoms with Crippen LogP contribution in [0, 0.1) is 0 Å². The predicted octanol–water partition coefficient (Wildman–Crippen LogP) is 3.22. The van der Waals surface area contributed by atoms with E-state index in [2.05, 4.69) is 19.1 Å². The number of fused-ring (bicyclic) bond motifs is 1. The normalized spacial score (nSPS) is 21.9. The Morgan fingerprint density at radius 1 is 1.18 bits per heavy atom. The Balaban J connectivity index is 1.93. The highest BCUT2D eigenvalue weighted by Gasteiger charge is 2.44.